The molecule has 0 bridgehead atoms. The molecule has 2 rings (SSSR count). The molecule has 0 fully saturated rings. The average molecular weight is 357 g/mol. The molecule has 25 heavy (non-hydrogen) atoms. The number of thiocarbonyl (C=S) groups is 1. The van der Waals surface area contributed by atoms with E-state index in [0.29, 0.717) is 11.3 Å². The Hall–Kier alpha value is -2.93. The number of para-hydroxylation sites is 1. The van der Waals surface area contributed by atoms with Crippen molar-refractivity contribution in [2.24, 2.45) is 0 Å². The third-order valence-electron chi connectivity index (χ3n) is 3.27. The number of hydrazine groups is 1. The van der Waals surface area contributed by atoms with Crippen molar-refractivity contribution in [2.75, 3.05) is 5.32 Å². The SMILES string of the molecule is CC(=O)c1ccc(OC(C)C(=O)NNC(=S)Nc2ccccc2)cc1. The van der Waals surface area contributed by atoms with Crippen LogP contribution in [-0.4, -0.2) is 22.9 Å². The number of hydrogen-bond donors (Lipinski definition) is 3. The molecule has 2 aromatic carbocycles. The molecule has 3 N–H and O–H groups in total. The van der Waals surface area contributed by atoms with E-state index >= 15 is 0 Å². The van der Waals surface area contributed by atoms with Crippen molar-refractivity contribution < 1.29 is 14.3 Å². The molecular formula is C18H19N3O3S. The lowest BCUT2D eigenvalue weighted by Gasteiger charge is -2.16. The maximum absolute atomic E-state index is 12.0. The highest BCUT2D eigenvalue weighted by atomic mass is 32.1. The highest BCUT2D eigenvalue weighted by molar-refractivity contribution is 7.80. The molecule has 1 atom stereocenters. The fraction of sp³-hybridized carbons (Fsp3) is 0.167. The third kappa shape index (κ3) is 5.89. The van der Waals surface area contributed by atoms with E-state index < -0.39 is 6.10 Å². The van der Waals surface area contributed by atoms with Crippen LogP contribution < -0.4 is 20.9 Å². The van der Waals surface area contributed by atoms with Gasteiger partial charge >= 0.3 is 0 Å². The summed E-state index contributed by atoms with van der Waals surface area (Å²) >= 11 is 5.10. The minimum Gasteiger partial charge on any atom is -0.481 e. The van der Waals surface area contributed by atoms with E-state index in [1.54, 1.807) is 31.2 Å². The van der Waals surface area contributed by atoms with Gasteiger partial charge in [0.15, 0.2) is 17.0 Å². The number of hydrogen-bond acceptors (Lipinski definition) is 4. The molecule has 2 aromatic rings. The van der Waals surface area contributed by atoms with Crippen molar-refractivity contribution >= 4 is 34.7 Å². The van der Waals surface area contributed by atoms with Gasteiger partial charge in [0, 0.05) is 11.3 Å². The predicted molar refractivity (Wildman–Crippen MR) is 100 cm³/mol. The summed E-state index contributed by atoms with van der Waals surface area (Å²) < 4.78 is 5.53. The lowest BCUT2D eigenvalue weighted by atomic mass is 10.1. The zero-order valence-electron chi connectivity index (χ0n) is 13.9. The number of Topliss-reactive ketones (excluding diaryl/α,β-unsaturated/α-hetero) is 1. The van der Waals surface area contributed by atoms with Crippen LogP contribution in [0.15, 0.2) is 54.6 Å². The van der Waals surface area contributed by atoms with Crippen LogP contribution >= 0.6 is 12.2 Å². The van der Waals surface area contributed by atoms with Gasteiger partial charge in [0.1, 0.15) is 5.75 Å². The molecule has 130 valence electrons. The third-order valence-corrected chi connectivity index (χ3v) is 3.48. The van der Waals surface area contributed by atoms with E-state index in [2.05, 4.69) is 16.2 Å². The van der Waals surface area contributed by atoms with Crippen molar-refractivity contribution in [1.29, 1.82) is 0 Å². The number of carbonyl (C=O) groups is 2. The van der Waals surface area contributed by atoms with Crippen LogP contribution in [0.5, 0.6) is 5.75 Å². The lowest BCUT2D eigenvalue weighted by Crippen LogP contribution is -2.48. The van der Waals surface area contributed by atoms with E-state index in [1.807, 2.05) is 30.3 Å². The Morgan fingerprint density at radius 1 is 1.00 bits per heavy atom. The van der Waals surface area contributed by atoms with Gasteiger partial charge in [0.2, 0.25) is 0 Å². The summed E-state index contributed by atoms with van der Waals surface area (Å²) in [5, 5.41) is 3.20. The van der Waals surface area contributed by atoms with Crippen LogP contribution in [0, 0.1) is 0 Å². The average Bonchev–Trinajstić information content (AvgIpc) is 2.61. The van der Waals surface area contributed by atoms with Gasteiger partial charge in [-0.1, -0.05) is 18.2 Å². The van der Waals surface area contributed by atoms with Crippen molar-refractivity contribution in [3.05, 3.63) is 60.2 Å². The Labute approximate surface area is 151 Å². The quantitative estimate of drug-likeness (QED) is 0.434. The molecule has 1 unspecified atom stereocenters. The first-order valence-electron chi connectivity index (χ1n) is 7.65. The fourth-order valence-electron chi connectivity index (χ4n) is 1.93. The minimum absolute atomic E-state index is 0.0269. The van der Waals surface area contributed by atoms with Crippen molar-refractivity contribution in [2.45, 2.75) is 20.0 Å². The molecule has 1 amide bonds. The summed E-state index contributed by atoms with van der Waals surface area (Å²) in [5.74, 6) is 0.0893. The monoisotopic (exact) mass is 357 g/mol. The summed E-state index contributed by atoms with van der Waals surface area (Å²) in [6, 6.07) is 15.9. The van der Waals surface area contributed by atoms with Gasteiger partial charge in [0.05, 0.1) is 0 Å². The number of carbonyl (C=O) groups excluding carboxylic acids is 2. The lowest BCUT2D eigenvalue weighted by molar-refractivity contribution is -0.127. The van der Waals surface area contributed by atoms with Crippen LogP contribution in [0.2, 0.25) is 0 Å². The second-order valence-electron chi connectivity index (χ2n) is 5.28. The van der Waals surface area contributed by atoms with Crippen LogP contribution in [-0.2, 0) is 4.79 Å². The molecule has 7 heteroatoms. The van der Waals surface area contributed by atoms with Crippen molar-refractivity contribution in [3.63, 3.8) is 0 Å². The van der Waals surface area contributed by atoms with Gasteiger partial charge in [-0.05, 0) is 62.5 Å². The normalized spacial score (nSPS) is 11.1. The molecular weight excluding hydrogens is 338 g/mol. The smallest absolute Gasteiger partial charge is 0.279 e. The van der Waals surface area contributed by atoms with Gasteiger partial charge in [-0.15, -0.1) is 0 Å². The highest BCUT2D eigenvalue weighted by Crippen LogP contribution is 2.14. The second kappa shape index (κ2) is 8.79. The zero-order valence-corrected chi connectivity index (χ0v) is 14.7. The van der Waals surface area contributed by atoms with Crippen molar-refractivity contribution in [3.8, 4) is 5.75 Å². The Balaban J connectivity index is 1.79. The Morgan fingerprint density at radius 2 is 1.64 bits per heavy atom. The van der Waals surface area contributed by atoms with Gasteiger partial charge in [-0.2, -0.15) is 0 Å². The molecule has 0 heterocycles. The molecule has 0 spiro atoms. The Bertz CT molecular complexity index is 748. The minimum atomic E-state index is -0.741. The van der Waals surface area contributed by atoms with E-state index in [9.17, 15) is 9.59 Å². The van der Waals surface area contributed by atoms with E-state index in [0.717, 1.165) is 5.69 Å². The molecule has 0 saturated heterocycles. The summed E-state index contributed by atoms with van der Waals surface area (Å²) in [7, 11) is 0. The number of rotatable bonds is 5. The molecule has 0 saturated carbocycles. The summed E-state index contributed by atoms with van der Waals surface area (Å²) in [6.45, 7) is 3.10. The first-order valence-corrected chi connectivity index (χ1v) is 8.06. The summed E-state index contributed by atoms with van der Waals surface area (Å²) in [6.07, 6.45) is -0.741. The number of nitrogens with one attached hydrogen (secondary N) is 3. The molecule has 0 aromatic heterocycles. The number of ether oxygens (including phenoxy) is 1. The van der Waals surface area contributed by atoms with Gasteiger partial charge in [0.25, 0.3) is 5.91 Å². The number of anilines is 1. The summed E-state index contributed by atoms with van der Waals surface area (Å²) in [5.41, 5.74) is 6.49. The number of benzene rings is 2. The van der Waals surface area contributed by atoms with Crippen LogP contribution in [0.25, 0.3) is 0 Å². The van der Waals surface area contributed by atoms with Gasteiger partial charge in [-0.25, -0.2) is 0 Å². The molecule has 0 aliphatic rings. The molecule has 0 aliphatic heterocycles. The Kier molecular flexibility index (Phi) is 6.47. The van der Waals surface area contributed by atoms with Crippen molar-refractivity contribution in [1.82, 2.24) is 10.9 Å². The van der Waals surface area contributed by atoms with E-state index in [1.165, 1.54) is 6.92 Å². The second-order valence-corrected chi connectivity index (χ2v) is 5.68. The molecule has 0 aliphatic carbocycles. The summed E-state index contributed by atoms with van der Waals surface area (Å²) in [4.78, 5) is 23.3. The van der Waals surface area contributed by atoms with Crippen LogP contribution in [0.1, 0.15) is 24.2 Å². The van der Waals surface area contributed by atoms with E-state index in [-0.39, 0.29) is 16.8 Å². The van der Waals surface area contributed by atoms with Crippen LogP contribution in [0.4, 0.5) is 5.69 Å². The maximum atomic E-state index is 12.0. The zero-order chi connectivity index (χ0) is 18.2. The highest BCUT2D eigenvalue weighted by Gasteiger charge is 2.15. The Morgan fingerprint density at radius 3 is 2.24 bits per heavy atom. The first kappa shape index (κ1) is 18.4. The largest absolute Gasteiger partial charge is 0.481 e. The molecule has 0 radical (unpaired) electrons. The molecule has 6 nitrogen and oxygen atoms in total. The van der Waals surface area contributed by atoms with Gasteiger partial charge in [-0.3, -0.25) is 20.4 Å². The predicted octanol–water partition coefficient (Wildman–Crippen LogP) is 2.67. The standard InChI is InChI=1S/C18H19N3O3S/c1-12(22)14-8-10-16(11-9-14)24-13(2)17(23)20-21-18(25)19-15-6-4-3-5-7-15/h3-11,13H,1-2H3,(H,20,23)(H2,19,21,25). The van der Waals surface area contributed by atoms with Gasteiger partial charge < -0.3 is 10.1 Å². The first-order chi connectivity index (χ1) is 12.0. The number of amides is 1. The van der Waals surface area contributed by atoms with Crippen LogP contribution in [0.3, 0.4) is 0 Å². The maximum Gasteiger partial charge on any atom is 0.279 e. The topological polar surface area (TPSA) is 79.5 Å². The fourth-order valence-corrected chi connectivity index (χ4v) is 2.10. The number of ketones is 1. The van der Waals surface area contributed by atoms with E-state index in [4.69, 9.17) is 17.0 Å².